The van der Waals surface area contributed by atoms with Gasteiger partial charge in [-0.25, -0.2) is 0 Å². The summed E-state index contributed by atoms with van der Waals surface area (Å²) in [6.45, 7) is 2.54. The Kier molecular flexibility index (Phi) is 5.63. The molecule has 1 saturated carbocycles. The summed E-state index contributed by atoms with van der Waals surface area (Å²) in [5.74, 6) is 1.50. The number of hydrogen-bond acceptors (Lipinski definition) is 6. The molecule has 1 saturated heterocycles. The Hall–Kier alpha value is -2.14. The Balaban J connectivity index is 1.37. The molecule has 0 bridgehead atoms. The van der Waals surface area contributed by atoms with Crippen LogP contribution < -0.4 is 20.5 Å². The lowest BCUT2D eigenvalue weighted by atomic mass is 9.73. The van der Waals surface area contributed by atoms with Crippen molar-refractivity contribution >= 4 is 39.6 Å². The number of anilines is 1. The molecule has 0 amide bonds. The second kappa shape index (κ2) is 8.42. The van der Waals surface area contributed by atoms with Crippen LogP contribution in [0.1, 0.15) is 37.7 Å². The minimum Gasteiger partial charge on any atom is -0.497 e. The van der Waals surface area contributed by atoms with Crippen molar-refractivity contribution in [3.8, 4) is 5.75 Å². The number of rotatable bonds is 5. The zero-order valence-corrected chi connectivity index (χ0v) is 19.7. The average Bonchev–Trinajstić information content (AvgIpc) is 3.41. The van der Waals surface area contributed by atoms with Gasteiger partial charge >= 0.3 is 0 Å². The summed E-state index contributed by atoms with van der Waals surface area (Å²) in [6, 6.07) is 8.58. The maximum absolute atomic E-state index is 12.6. The molecule has 3 aromatic rings. The van der Waals surface area contributed by atoms with E-state index in [1.54, 1.807) is 7.11 Å². The van der Waals surface area contributed by atoms with Gasteiger partial charge in [-0.05, 0) is 65.0 Å². The fourth-order valence-corrected chi connectivity index (χ4v) is 5.83. The highest BCUT2D eigenvalue weighted by atomic mass is 127. The Morgan fingerprint density at radius 2 is 2.03 bits per heavy atom. The van der Waals surface area contributed by atoms with E-state index in [-0.39, 0.29) is 5.56 Å². The van der Waals surface area contributed by atoms with Crippen molar-refractivity contribution < 1.29 is 4.74 Å². The molecular weight excluding hydrogens is 507 g/mol. The standard InChI is InChI=1S/C22H27IN6O2/c1-31-15-6-4-14(5-7-15)12-24-16-13-29(11-10-22(16)8-2-3-9-22)21-25-19-17(20(30)26-21)18(23)27-28-19/h4-7,16,24H,2-3,8-13H2,1H3,(H2,25,26,27,28,30). The molecule has 1 atom stereocenters. The Morgan fingerprint density at radius 3 is 2.77 bits per heavy atom. The van der Waals surface area contributed by atoms with E-state index in [0.29, 0.717) is 32.1 Å². The fourth-order valence-electron chi connectivity index (χ4n) is 5.21. The molecule has 1 aliphatic carbocycles. The van der Waals surface area contributed by atoms with Crippen LogP contribution in [0.4, 0.5) is 5.95 Å². The van der Waals surface area contributed by atoms with E-state index in [4.69, 9.17) is 4.74 Å². The number of halogens is 1. The number of nitrogens with zero attached hydrogens (tertiary/aromatic N) is 3. The van der Waals surface area contributed by atoms with E-state index in [9.17, 15) is 4.79 Å². The van der Waals surface area contributed by atoms with Gasteiger partial charge in [0, 0.05) is 25.7 Å². The van der Waals surface area contributed by atoms with E-state index in [1.807, 2.05) is 12.1 Å². The lowest BCUT2D eigenvalue weighted by molar-refractivity contribution is 0.155. The molecule has 5 rings (SSSR count). The molecule has 2 aromatic heterocycles. The summed E-state index contributed by atoms with van der Waals surface area (Å²) >= 11 is 2.06. The van der Waals surface area contributed by atoms with Crippen LogP contribution in [0.3, 0.4) is 0 Å². The molecular formula is C22H27IN6O2. The molecule has 164 valence electrons. The normalized spacial score (nSPS) is 20.6. The number of aromatic amines is 2. The summed E-state index contributed by atoms with van der Waals surface area (Å²) in [6.07, 6.45) is 6.24. The van der Waals surface area contributed by atoms with Crippen LogP contribution in [-0.2, 0) is 6.54 Å². The highest BCUT2D eigenvalue weighted by molar-refractivity contribution is 14.1. The van der Waals surface area contributed by atoms with Gasteiger partial charge in [0.1, 0.15) is 14.8 Å². The highest BCUT2D eigenvalue weighted by Crippen LogP contribution is 2.46. The van der Waals surface area contributed by atoms with Crippen LogP contribution in [0, 0.1) is 9.12 Å². The topological polar surface area (TPSA) is 98.9 Å². The third-order valence-corrected chi connectivity index (χ3v) is 7.79. The quantitative estimate of drug-likeness (QED) is 0.435. The van der Waals surface area contributed by atoms with Crippen LogP contribution in [0.25, 0.3) is 11.0 Å². The van der Waals surface area contributed by atoms with Gasteiger partial charge in [0.2, 0.25) is 5.95 Å². The molecule has 2 aliphatic rings. The number of methoxy groups -OCH3 is 1. The third kappa shape index (κ3) is 3.93. The lowest BCUT2D eigenvalue weighted by Gasteiger charge is -2.46. The van der Waals surface area contributed by atoms with Crippen molar-refractivity contribution in [2.45, 2.75) is 44.7 Å². The van der Waals surface area contributed by atoms with E-state index in [0.717, 1.165) is 31.8 Å². The zero-order valence-electron chi connectivity index (χ0n) is 17.6. The Labute approximate surface area is 194 Å². The number of H-pyrrole nitrogens is 2. The molecule has 2 fully saturated rings. The number of fused-ring (bicyclic) bond motifs is 1. The van der Waals surface area contributed by atoms with Crippen molar-refractivity contribution in [3.05, 3.63) is 43.9 Å². The SMILES string of the molecule is COc1ccc(CNC2CN(c3nc4[nH]nc(I)c4c(=O)[nH]3)CCC23CCCC3)cc1. The first-order valence-electron chi connectivity index (χ1n) is 10.8. The first-order valence-corrected chi connectivity index (χ1v) is 11.9. The molecule has 8 nitrogen and oxygen atoms in total. The Bertz CT molecular complexity index is 1120. The van der Waals surface area contributed by atoms with Crippen molar-refractivity contribution in [2.24, 2.45) is 5.41 Å². The monoisotopic (exact) mass is 534 g/mol. The smallest absolute Gasteiger partial charge is 0.264 e. The largest absolute Gasteiger partial charge is 0.497 e. The van der Waals surface area contributed by atoms with Crippen LogP contribution in [-0.4, -0.2) is 46.4 Å². The maximum atomic E-state index is 12.6. The van der Waals surface area contributed by atoms with E-state index >= 15 is 0 Å². The fraction of sp³-hybridized carbons (Fsp3) is 0.500. The van der Waals surface area contributed by atoms with Crippen molar-refractivity contribution in [2.75, 3.05) is 25.1 Å². The molecule has 1 aliphatic heterocycles. The molecule has 1 unspecified atom stereocenters. The second-order valence-electron chi connectivity index (χ2n) is 8.67. The average molecular weight is 534 g/mol. The number of aromatic nitrogens is 4. The van der Waals surface area contributed by atoms with Gasteiger partial charge in [-0.2, -0.15) is 10.1 Å². The van der Waals surface area contributed by atoms with Gasteiger partial charge in [-0.15, -0.1) is 0 Å². The summed E-state index contributed by atoms with van der Waals surface area (Å²) in [7, 11) is 1.69. The lowest BCUT2D eigenvalue weighted by Crippen LogP contribution is -2.56. The number of benzene rings is 1. The van der Waals surface area contributed by atoms with E-state index < -0.39 is 0 Å². The van der Waals surface area contributed by atoms with Crippen LogP contribution in [0.5, 0.6) is 5.75 Å². The zero-order chi connectivity index (χ0) is 21.4. The second-order valence-corrected chi connectivity index (χ2v) is 9.70. The highest BCUT2D eigenvalue weighted by Gasteiger charge is 2.45. The third-order valence-electron chi connectivity index (χ3n) is 7.01. The van der Waals surface area contributed by atoms with Crippen molar-refractivity contribution in [1.29, 1.82) is 0 Å². The maximum Gasteiger partial charge on any atom is 0.264 e. The van der Waals surface area contributed by atoms with Crippen LogP contribution in [0.15, 0.2) is 29.1 Å². The molecule has 31 heavy (non-hydrogen) atoms. The number of piperidine rings is 1. The predicted octanol–water partition coefficient (Wildman–Crippen LogP) is 3.19. The van der Waals surface area contributed by atoms with Crippen molar-refractivity contribution in [1.82, 2.24) is 25.5 Å². The molecule has 0 radical (unpaired) electrons. The van der Waals surface area contributed by atoms with Gasteiger partial charge in [0.05, 0.1) is 7.11 Å². The summed E-state index contributed by atoms with van der Waals surface area (Å²) < 4.78 is 5.92. The molecule has 1 aromatic carbocycles. The minimum atomic E-state index is -0.137. The first-order chi connectivity index (χ1) is 15.1. The van der Waals surface area contributed by atoms with Gasteiger partial charge in [-0.1, -0.05) is 25.0 Å². The van der Waals surface area contributed by atoms with Crippen LogP contribution in [0.2, 0.25) is 0 Å². The minimum absolute atomic E-state index is 0.137. The molecule has 1 spiro atoms. The number of ether oxygens (including phenoxy) is 1. The molecule has 3 heterocycles. The number of nitrogens with one attached hydrogen (secondary N) is 3. The van der Waals surface area contributed by atoms with Crippen molar-refractivity contribution in [3.63, 3.8) is 0 Å². The molecule has 9 heteroatoms. The first kappa shape index (κ1) is 20.7. The van der Waals surface area contributed by atoms with Gasteiger partial charge in [0.25, 0.3) is 5.56 Å². The van der Waals surface area contributed by atoms with E-state index in [2.05, 4.69) is 65.1 Å². The van der Waals surface area contributed by atoms with E-state index in [1.165, 1.54) is 31.2 Å². The van der Waals surface area contributed by atoms with Gasteiger partial charge in [-0.3, -0.25) is 14.9 Å². The van der Waals surface area contributed by atoms with Crippen LogP contribution >= 0.6 is 22.6 Å². The van der Waals surface area contributed by atoms with Gasteiger partial charge < -0.3 is 15.0 Å². The van der Waals surface area contributed by atoms with Gasteiger partial charge in [0.15, 0.2) is 5.65 Å². The summed E-state index contributed by atoms with van der Waals surface area (Å²) in [5.41, 5.74) is 1.98. The predicted molar refractivity (Wildman–Crippen MR) is 129 cm³/mol. The summed E-state index contributed by atoms with van der Waals surface area (Å²) in [5, 5.41) is 11.4. The molecule has 3 N–H and O–H groups in total. The Morgan fingerprint density at radius 1 is 1.26 bits per heavy atom. The summed E-state index contributed by atoms with van der Waals surface area (Å²) in [4.78, 5) is 22.5. The number of hydrogen-bond donors (Lipinski definition) is 3.